The van der Waals surface area contributed by atoms with Gasteiger partial charge in [0, 0.05) is 28.0 Å². The van der Waals surface area contributed by atoms with Crippen molar-refractivity contribution in [1.29, 1.82) is 5.41 Å². The van der Waals surface area contributed by atoms with Crippen molar-refractivity contribution in [1.82, 2.24) is 4.98 Å². The predicted molar refractivity (Wildman–Crippen MR) is 129 cm³/mol. The van der Waals surface area contributed by atoms with Crippen molar-refractivity contribution < 1.29 is 17.7 Å². The average molecular weight is 532 g/mol. The summed E-state index contributed by atoms with van der Waals surface area (Å²) in [5, 5.41) is 10.0. The molecule has 0 spiro atoms. The third-order valence-electron chi connectivity index (χ3n) is 4.71. The Morgan fingerprint density at radius 1 is 1.21 bits per heavy atom. The minimum atomic E-state index is -1.90. The number of carbonyl (C=O) groups is 1. The zero-order valence-electron chi connectivity index (χ0n) is 17.3. The average Bonchev–Trinajstić information content (AvgIpc) is 2.83. The van der Waals surface area contributed by atoms with Crippen LogP contribution in [0.1, 0.15) is 18.1 Å². The molecule has 170 valence electrons. The molecule has 1 unspecified atom stereocenters. The molecule has 1 heterocycles. The van der Waals surface area contributed by atoms with Crippen LogP contribution in [0.4, 0.5) is 10.1 Å². The first-order valence-corrected chi connectivity index (χ1v) is 11.2. The molecule has 6 N–H and O–H groups in total. The lowest BCUT2D eigenvalue weighted by molar-refractivity contribution is -0.114. The summed E-state index contributed by atoms with van der Waals surface area (Å²) in [7, 11) is 0. The van der Waals surface area contributed by atoms with Gasteiger partial charge in [-0.25, -0.2) is 8.60 Å². The Labute approximate surface area is 200 Å². The maximum atomic E-state index is 14.9. The zero-order chi connectivity index (χ0) is 24.1. The number of hydrogen-bond donors (Lipinski definition) is 4. The summed E-state index contributed by atoms with van der Waals surface area (Å²) in [4.78, 5) is 16.7. The number of aromatic nitrogens is 1. The fourth-order valence-electron chi connectivity index (χ4n) is 2.98. The Balaban J connectivity index is 1.87. The lowest BCUT2D eigenvalue weighted by Gasteiger charge is -2.12. The van der Waals surface area contributed by atoms with Crippen LogP contribution in [0.25, 0.3) is 16.7 Å². The molecule has 0 fully saturated rings. The number of allylic oxidation sites excluding steroid dienone is 1. The molecule has 0 saturated heterocycles. The number of benzene rings is 2. The lowest BCUT2D eigenvalue weighted by Crippen LogP contribution is -2.14. The number of nitrogen functional groups attached to an aromatic ring is 1. The summed E-state index contributed by atoms with van der Waals surface area (Å²) in [5.74, 6) is 2.97. The Morgan fingerprint density at radius 2 is 1.94 bits per heavy atom. The van der Waals surface area contributed by atoms with E-state index in [0.29, 0.717) is 32.4 Å². The second-order valence-electron chi connectivity index (χ2n) is 6.78. The summed E-state index contributed by atoms with van der Waals surface area (Å²) >= 11 is 1.47. The Morgan fingerprint density at radius 3 is 2.61 bits per heavy atom. The van der Waals surface area contributed by atoms with E-state index in [-0.39, 0.29) is 16.3 Å². The van der Waals surface area contributed by atoms with Gasteiger partial charge < -0.3 is 11.1 Å². The summed E-state index contributed by atoms with van der Waals surface area (Å²) < 4.78 is 31.7. The van der Waals surface area contributed by atoms with E-state index in [0.717, 1.165) is 0 Å². The number of anilines is 1. The van der Waals surface area contributed by atoms with Crippen molar-refractivity contribution in [2.45, 2.75) is 11.8 Å². The van der Waals surface area contributed by atoms with Gasteiger partial charge in [0.25, 0.3) is 5.91 Å². The molecule has 33 heavy (non-hydrogen) atoms. The SMILES string of the molecule is CC(=C(F)C(=O)Nc1ccc(-c2ccncc2S(=O)ON)cc1Br)c1cccc(C(=N)N)c1. The summed E-state index contributed by atoms with van der Waals surface area (Å²) in [6.45, 7) is 1.47. The van der Waals surface area contributed by atoms with Crippen LogP contribution in [0.3, 0.4) is 0 Å². The van der Waals surface area contributed by atoms with Crippen molar-refractivity contribution in [3.63, 3.8) is 0 Å². The second kappa shape index (κ2) is 10.6. The van der Waals surface area contributed by atoms with Gasteiger partial charge in [0.05, 0.1) is 10.6 Å². The van der Waals surface area contributed by atoms with Crippen LogP contribution in [-0.4, -0.2) is 20.9 Å². The first-order chi connectivity index (χ1) is 15.7. The van der Waals surface area contributed by atoms with Crippen LogP contribution in [0, 0.1) is 5.41 Å². The molecule has 0 aliphatic rings. The molecule has 8 nitrogen and oxygen atoms in total. The summed E-state index contributed by atoms with van der Waals surface area (Å²) in [5.41, 5.74) is 8.00. The molecule has 2 aromatic carbocycles. The van der Waals surface area contributed by atoms with Gasteiger partial charge in [0.2, 0.25) is 11.1 Å². The summed E-state index contributed by atoms with van der Waals surface area (Å²) in [6, 6.07) is 13.0. The highest BCUT2D eigenvalue weighted by atomic mass is 79.9. The Bertz CT molecular complexity index is 1300. The molecule has 3 rings (SSSR count). The van der Waals surface area contributed by atoms with E-state index in [1.807, 2.05) is 0 Å². The van der Waals surface area contributed by atoms with Crippen LogP contribution in [0.2, 0.25) is 0 Å². The molecular formula is C22H19BrFN5O3S. The van der Waals surface area contributed by atoms with Crippen molar-refractivity contribution >= 4 is 50.0 Å². The third-order valence-corrected chi connectivity index (χ3v) is 6.23. The number of amides is 1. The van der Waals surface area contributed by atoms with Gasteiger partial charge in [0.15, 0.2) is 5.83 Å². The van der Waals surface area contributed by atoms with E-state index in [2.05, 4.69) is 30.5 Å². The molecule has 3 aromatic rings. The first kappa shape index (κ1) is 24.4. The van der Waals surface area contributed by atoms with Gasteiger partial charge in [-0.2, -0.15) is 10.2 Å². The second-order valence-corrected chi connectivity index (χ2v) is 8.74. The zero-order valence-corrected chi connectivity index (χ0v) is 19.7. The molecular weight excluding hydrogens is 513 g/mol. The van der Waals surface area contributed by atoms with Gasteiger partial charge in [-0.3, -0.25) is 15.2 Å². The van der Waals surface area contributed by atoms with Gasteiger partial charge in [-0.1, -0.05) is 24.3 Å². The number of amidine groups is 1. The number of nitrogens with zero attached hydrogens (tertiary/aromatic N) is 1. The van der Waals surface area contributed by atoms with Crippen LogP contribution in [-0.2, 0) is 20.2 Å². The van der Waals surface area contributed by atoms with Crippen LogP contribution in [0.15, 0.2) is 76.1 Å². The maximum Gasteiger partial charge on any atom is 0.284 e. The number of hydrogen-bond acceptors (Lipinski definition) is 6. The van der Waals surface area contributed by atoms with E-state index in [9.17, 15) is 13.4 Å². The maximum absolute atomic E-state index is 14.9. The van der Waals surface area contributed by atoms with E-state index < -0.39 is 22.8 Å². The van der Waals surface area contributed by atoms with E-state index >= 15 is 0 Å². The summed E-state index contributed by atoms with van der Waals surface area (Å²) in [6.07, 6.45) is 2.91. The molecule has 0 aliphatic heterocycles. The number of nitrogens with two attached hydrogens (primary N) is 2. The van der Waals surface area contributed by atoms with E-state index in [1.54, 1.807) is 42.5 Å². The number of halogens is 2. The number of rotatable bonds is 7. The minimum absolute atomic E-state index is 0.106. The number of carbonyl (C=O) groups excluding carboxylic acids is 1. The third kappa shape index (κ3) is 5.57. The molecule has 0 bridgehead atoms. The van der Waals surface area contributed by atoms with Crippen LogP contribution < -0.4 is 16.9 Å². The highest BCUT2D eigenvalue weighted by Gasteiger charge is 2.17. The smallest absolute Gasteiger partial charge is 0.284 e. The Kier molecular flexibility index (Phi) is 7.82. The first-order valence-electron chi connectivity index (χ1n) is 9.38. The van der Waals surface area contributed by atoms with Crippen LogP contribution >= 0.6 is 15.9 Å². The fraction of sp³-hybridized carbons (Fsp3) is 0.0455. The highest BCUT2D eigenvalue weighted by molar-refractivity contribution is 9.10. The molecule has 1 aromatic heterocycles. The number of nitrogens with one attached hydrogen (secondary N) is 2. The predicted octanol–water partition coefficient (Wildman–Crippen LogP) is 4.05. The van der Waals surface area contributed by atoms with Gasteiger partial charge in [-0.05, 0) is 63.8 Å². The van der Waals surface area contributed by atoms with E-state index in [4.69, 9.17) is 17.0 Å². The quantitative estimate of drug-likeness (QED) is 0.156. The Hall–Kier alpha value is -3.25. The van der Waals surface area contributed by atoms with Gasteiger partial charge in [0.1, 0.15) is 5.84 Å². The topological polar surface area (TPSA) is 144 Å². The van der Waals surface area contributed by atoms with Crippen molar-refractivity contribution in [3.8, 4) is 11.1 Å². The molecule has 0 radical (unpaired) electrons. The number of pyridine rings is 1. The normalized spacial score (nSPS) is 12.6. The standard InChI is InChI=1S/C22H19BrFN5O3S/c1-12(13-3-2-4-15(9-13)21(25)26)20(24)22(30)29-18-6-5-14(10-17(18)23)16-7-8-28-11-19(16)33(31)32-27/h2-11H,27H2,1H3,(H3,25,26)(H,29,30). The lowest BCUT2D eigenvalue weighted by atomic mass is 10.0. The van der Waals surface area contributed by atoms with Crippen molar-refractivity contribution in [3.05, 3.63) is 82.4 Å². The highest BCUT2D eigenvalue weighted by Crippen LogP contribution is 2.32. The van der Waals surface area contributed by atoms with Gasteiger partial charge in [-0.15, -0.1) is 0 Å². The molecule has 11 heteroatoms. The molecule has 0 saturated carbocycles. The fourth-order valence-corrected chi connectivity index (χ4v) is 4.08. The van der Waals surface area contributed by atoms with Crippen molar-refractivity contribution in [2.75, 3.05) is 5.32 Å². The minimum Gasteiger partial charge on any atom is -0.384 e. The van der Waals surface area contributed by atoms with Crippen LogP contribution in [0.5, 0.6) is 0 Å². The molecule has 1 atom stereocenters. The molecule has 0 aliphatic carbocycles. The largest absolute Gasteiger partial charge is 0.384 e. The van der Waals surface area contributed by atoms with E-state index in [1.165, 1.54) is 25.4 Å². The van der Waals surface area contributed by atoms with Gasteiger partial charge >= 0.3 is 0 Å². The van der Waals surface area contributed by atoms with Crippen molar-refractivity contribution in [2.24, 2.45) is 11.6 Å². The molecule has 1 amide bonds. The monoisotopic (exact) mass is 531 g/mol.